The lowest BCUT2D eigenvalue weighted by molar-refractivity contribution is -0.136. The first-order valence-corrected chi connectivity index (χ1v) is 12.5. The van der Waals surface area contributed by atoms with Crippen LogP contribution in [-0.2, 0) is 22.7 Å². The summed E-state index contributed by atoms with van der Waals surface area (Å²) < 4.78 is 15.2. The monoisotopic (exact) mass is 486 g/mol. The second-order valence-corrected chi connectivity index (χ2v) is 10.0. The first kappa shape index (κ1) is 22.8. The summed E-state index contributed by atoms with van der Waals surface area (Å²) in [5, 5.41) is 4.61. The van der Waals surface area contributed by atoms with E-state index in [0.29, 0.717) is 17.5 Å². The summed E-state index contributed by atoms with van der Waals surface area (Å²) in [6.07, 6.45) is 4.06. The Balaban J connectivity index is 1.13. The van der Waals surface area contributed by atoms with Crippen LogP contribution in [0.3, 0.4) is 0 Å². The molecule has 2 aromatic carbocycles. The van der Waals surface area contributed by atoms with Gasteiger partial charge in [0.25, 0.3) is 5.91 Å². The number of benzene rings is 2. The van der Waals surface area contributed by atoms with Crippen LogP contribution in [0.25, 0.3) is 10.8 Å². The number of halogens is 1. The smallest absolute Gasteiger partial charge is 0.255 e. The molecule has 1 aromatic heterocycles. The maximum absolute atomic E-state index is 15.2. The highest BCUT2D eigenvalue weighted by Gasteiger charge is 2.40. The number of carbonyl (C=O) groups excluding carboxylic acids is 3. The van der Waals surface area contributed by atoms with Gasteiger partial charge in [0.1, 0.15) is 11.9 Å². The molecule has 3 amide bonds. The second-order valence-electron chi connectivity index (χ2n) is 10.0. The summed E-state index contributed by atoms with van der Waals surface area (Å²) in [4.78, 5) is 45.1. The van der Waals surface area contributed by atoms with Gasteiger partial charge in [0.05, 0.1) is 5.69 Å². The van der Waals surface area contributed by atoms with Crippen molar-refractivity contribution in [2.75, 3.05) is 13.1 Å². The molecule has 0 radical (unpaired) electrons. The fourth-order valence-electron chi connectivity index (χ4n) is 5.77. The number of hydrogen-bond donors (Lipinski definition) is 1. The molecule has 0 aliphatic carbocycles. The quantitative estimate of drug-likeness (QED) is 0.571. The Bertz CT molecular complexity index is 1380. The first-order valence-electron chi connectivity index (χ1n) is 12.5. The fraction of sp³-hybridized carbons (Fsp3) is 0.357. The molecule has 36 heavy (non-hydrogen) atoms. The number of hydrogen-bond acceptors (Lipinski definition) is 5. The second kappa shape index (κ2) is 9.09. The largest absolute Gasteiger partial charge is 0.322 e. The first-order chi connectivity index (χ1) is 17.5. The van der Waals surface area contributed by atoms with Crippen molar-refractivity contribution in [3.8, 4) is 0 Å². The van der Waals surface area contributed by atoms with Gasteiger partial charge in [0.15, 0.2) is 0 Å². The Labute approximate surface area is 208 Å². The lowest BCUT2D eigenvalue weighted by atomic mass is 9.87. The van der Waals surface area contributed by atoms with Gasteiger partial charge in [-0.05, 0) is 66.9 Å². The highest BCUT2D eigenvalue weighted by molar-refractivity contribution is 6.05. The van der Waals surface area contributed by atoms with Gasteiger partial charge in [-0.1, -0.05) is 30.3 Å². The molecule has 8 heteroatoms. The van der Waals surface area contributed by atoms with E-state index in [1.807, 2.05) is 24.4 Å². The van der Waals surface area contributed by atoms with Crippen LogP contribution in [0.1, 0.15) is 58.8 Å². The number of imide groups is 1. The lowest BCUT2D eigenvalue weighted by Crippen LogP contribution is -2.52. The Morgan fingerprint density at radius 3 is 2.56 bits per heavy atom. The summed E-state index contributed by atoms with van der Waals surface area (Å²) in [5.41, 5.74) is 2.75. The molecular weight excluding hydrogens is 459 g/mol. The maximum atomic E-state index is 15.2. The van der Waals surface area contributed by atoms with Gasteiger partial charge in [-0.25, -0.2) is 4.39 Å². The van der Waals surface area contributed by atoms with E-state index in [1.165, 1.54) is 16.4 Å². The van der Waals surface area contributed by atoms with Gasteiger partial charge >= 0.3 is 0 Å². The predicted octanol–water partition coefficient (Wildman–Crippen LogP) is 3.51. The fourth-order valence-corrected chi connectivity index (χ4v) is 5.77. The van der Waals surface area contributed by atoms with Crippen molar-refractivity contribution in [3.05, 3.63) is 76.9 Å². The Hall–Kier alpha value is -3.65. The van der Waals surface area contributed by atoms with Crippen molar-refractivity contribution < 1.29 is 18.8 Å². The van der Waals surface area contributed by atoms with E-state index in [4.69, 9.17) is 0 Å². The summed E-state index contributed by atoms with van der Waals surface area (Å²) in [6, 6.07) is 12.8. The predicted molar refractivity (Wildman–Crippen MR) is 131 cm³/mol. The van der Waals surface area contributed by atoms with Gasteiger partial charge in [-0.15, -0.1) is 0 Å². The van der Waals surface area contributed by atoms with E-state index >= 15 is 4.39 Å². The van der Waals surface area contributed by atoms with E-state index < -0.39 is 11.9 Å². The molecule has 6 rings (SSSR count). The zero-order valence-corrected chi connectivity index (χ0v) is 19.9. The number of nitrogens with zero attached hydrogens (tertiary/aromatic N) is 3. The summed E-state index contributed by atoms with van der Waals surface area (Å²) in [7, 11) is 0. The van der Waals surface area contributed by atoms with E-state index in [1.54, 1.807) is 0 Å². The number of carbonyl (C=O) groups is 3. The number of pyridine rings is 1. The van der Waals surface area contributed by atoms with Gasteiger partial charge in [-0.2, -0.15) is 0 Å². The van der Waals surface area contributed by atoms with Crippen molar-refractivity contribution in [1.82, 2.24) is 20.1 Å². The van der Waals surface area contributed by atoms with Crippen molar-refractivity contribution >= 4 is 28.5 Å². The molecule has 2 fully saturated rings. The van der Waals surface area contributed by atoms with Crippen LogP contribution < -0.4 is 5.32 Å². The van der Waals surface area contributed by atoms with Crippen LogP contribution in [0, 0.1) is 5.82 Å². The van der Waals surface area contributed by atoms with Crippen molar-refractivity contribution in [3.63, 3.8) is 0 Å². The molecular formula is C28H27FN4O3. The number of fused-ring (bicyclic) bond motifs is 2. The van der Waals surface area contributed by atoms with Crippen LogP contribution in [0.2, 0.25) is 0 Å². The minimum Gasteiger partial charge on any atom is -0.322 e. The molecule has 3 aromatic rings. The number of amides is 3. The Kier molecular flexibility index (Phi) is 5.76. The summed E-state index contributed by atoms with van der Waals surface area (Å²) >= 11 is 0. The number of nitrogens with one attached hydrogen (secondary N) is 1. The van der Waals surface area contributed by atoms with Crippen LogP contribution in [0.15, 0.2) is 48.7 Å². The highest BCUT2D eigenvalue weighted by Crippen LogP contribution is 2.35. The normalized spacial score (nSPS) is 21.2. The average molecular weight is 487 g/mol. The third-order valence-corrected chi connectivity index (χ3v) is 7.74. The van der Waals surface area contributed by atoms with Crippen molar-refractivity contribution in [1.29, 1.82) is 0 Å². The number of piperidine rings is 2. The van der Waals surface area contributed by atoms with Gasteiger partial charge < -0.3 is 4.90 Å². The zero-order valence-electron chi connectivity index (χ0n) is 19.9. The van der Waals surface area contributed by atoms with Crippen molar-refractivity contribution in [2.45, 2.75) is 50.7 Å². The Morgan fingerprint density at radius 1 is 1.00 bits per heavy atom. The number of likely N-dealkylation sites (tertiary alicyclic amines) is 1. The molecule has 0 bridgehead atoms. The molecule has 1 N–H and O–H groups in total. The maximum Gasteiger partial charge on any atom is 0.255 e. The van der Waals surface area contributed by atoms with E-state index in [0.717, 1.165) is 49.1 Å². The topological polar surface area (TPSA) is 82.6 Å². The molecule has 7 nitrogen and oxygen atoms in total. The van der Waals surface area contributed by atoms with Crippen LogP contribution in [-0.4, -0.2) is 51.6 Å². The van der Waals surface area contributed by atoms with Crippen LogP contribution >= 0.6 is 0 Å². The van der Waals surface area contributed by atoms with Crippen LogP contribution in [0.5, 0.6) is 0 Å². The minimum absolute atomic E-state index is 0.0795. The SMILES string of the molecule is O=C1CCC(N2Cc3cc(C4CCN(Cc5cc6ccccc6cn5)CC4)c(F)cc3C2=O)C(=O)N1. The molecule has 3 aliphatic heterocycles. The number of aromatic nitrogens is 1. The molecule has 2 saturated heterocycles. The Morgan fingerprint density at radius 2 is 1.78 bits per heavy atom. The van der Waals surface area contributed by atoms with E-state index in [2.05, 4.69) is 33.4 Å². The number of rotatable bonds is 4. The minimum atomic E-state index is -0.693. The van der Waals surface area contributed by atoms with E-state index in [9.17, 15) is 14.4 Å². The third kappa shape index (κ3) is 4.15. The summed E-state index contributed by atoms with van der Waals surface area (Å²) in [5.74, 6) is -1.40. The molecule has 0 spiro atoms. The average Bonchev–Trinajstić information content (AvgIpc) is 3.19. The van der Waals surface area contributed by atoms with Gasteiger partial charge in [0, 0.05) is 36.7 Å². The molecule has 3 aliphatic rings. The standard InChI is InChI=1S/C28H27FN4O3/c29-24-13-23-20(15-33(28(23)36)25-5-6-26(34)31-27(25)35)12-22(24)17-7-9-32(10-8-17)16-21-11-18-3-1-2-4-19(18)14-30-21/h1-4,11-14,17,25H,5-10,15-16H2,(H,31,34,35). The zero-order chi connectivity index (χ0) is 24.8. The molecule has 0 saturated carbocycles. The van der Waals surface area contributed by atoms with Crippen molar-refractivity contribution in [2.24, 2.45) is 0 Å². The summed E-state index contributed by atoms with van der Waals surface area (Å²) in [6.45, 7) is 2.72. The lowest BCUT2D eigenvalue weighted by Gasteiger charge is -2.32. The van der Waals surface area contributed by atoms with Crippen LogP contribution in [0.4, 0.5) is 4.39 Å². The third-order valence-electron chi connectivity index (χ3n) is 7.74. The van der Waals surface area contributed by atoms with Gasteiger partial charge in [0.2, 0.25) is 11.8 Å². The van der Waals surface area contributed by atoms with Gasteiger partial charge in [-0.3, -0.25) is 29.6 Å². The van der Waals surface area contributed by atoms with E-state index in [-0.39, 0.29) is 36.5 Å². The molecule has 1 atom stereocenters. The molecule has 184 valence electrons. The molecule has 4 heterocycles. The highest BCUT2D eigenvalue weighted by atomic mass is 19.1. The molecule has 1 unspecified atom stereocenters.